The SMILES string of the molecule is CO[13C](=O)c1c[13cH]n[13cH]c1. The first-order valence-electron chi connectivity index (χ1n) is 2.83. The van der Waals surface area contributed by atoms with E-state index in [0.29, 0.717) is 5.56 Å². The molecule has 3 nitrogen and oxygen atoms in total. The van der Waals surface area contributed by atoms with Crippen LogP contribution in [0.5, 0.6) is 0 Å². The second-order valence-electron chi connectivity index (χ2n) is 1.73. The van der Waals surface area contributed by atoms with Crippen molar-refractivity contribution < 1.29 is 9.53 Å². The topological polar surface area (TPSA) is 39.2 Å². The molecule has 0 aromatic carbocycles. The maximum Gasteiger partial charge on any atom is 0.337 e. The van der Waals surface area contributed by atoms with Crippen molar-refractivity contribution in [1.29, 1.82) is 0 Å². The van der Waals surface area contributed by atoms with Crippen LogP contribution in [0.4, 0.5) is 0 Å². The van der Waals surface area contributed by atoms with Gasteiger partial charge in [0.25, 0.3) is 0 Å². The van der Waals surface area contributed by atoms with E-state index in [9.17, 15) is 4.79 Å². The van der Waals surface area contributed by atoms with Crippen molar-refractivity contribution in [1.82, 2.24) is 4.98 Å². The molecule has 0 saturated carbocycles. The number of hydrogen-bond donors (Lipinski definition) is 0. The Morgan fingerprint density at radius 1 is 1.50 bits per heavy atom. The van der Waals surface area contributed by atoms with Gasteiger partial charge in [-0.3, -0.25) is 4.98 Å². The Morgan fingerprint density at radius 2 is 2.10 bits per heavy atom. The molecule has 10 heavy (non-hydrogen) atoms. The molecule has 0 saturated heterocycles. The first-order chi connectivity index (χ1) is 4.84. The standard InChI is InChI=1S/C7H7NO2/c1-10-7(9)6-2-4-8-5-3-6/h2-5H,1H3/i4+1,5+1,7+1. The van der Waals surface area contributed by atoms with E-state index < -0.39 is 0 Å². The fourth-order valence-electron chi connectivity index (χ4n) is 0.606. The van der Waals surface area contributed by atoms with Crippen LogP contribution in [0, 0.1) is 0 Å². The number of esters is 1. The van der Waals surface area contributed by atoms with Crippen LogP contribution in [0.15, 0.2) is 24.5 Å². The number of rotatable bonds is 1. The van der Waals surface area contributed by atoms with Crippen LogP contribution in [0.25, 0.3) is 0 Å². The van der Waals surface area contributed by atoms with Crippen LogP contribution in [0.3, 0.4) is 0 Å². The Kier molecular flexibility index (Phi) is 1.99. The second-order valence-corrected chi connectivity index (χ2v) is 1.73. The average molecular weight is 140 g/mol. The molecule has 1 rings (SSSR count). The molecule has 0 aliphatic heterocycles. The molecule has 0 fully saturated rings. The quantitative estimate of drug-likeness (QED) is 0.429. The highest BCUT2D eigenvalue weighted by Gasteiger charge is 2.01. The van der Waals surface area contributed by atoms with Crippen molar-refractivity contribution in [2.75, 3.05) is 7.11 Å². The summed E-state index contributed by atoms with van der Waals surface area (Å²) in [5.41, 5.74) is 0.525. The molecule has 0 amide bonds. The zero-order chi connectivity index (χ0) is 7.40. The Balaban J connectivity index is 2.85. The van der Waals surface area contributed by atoms with Crippen LogP contribution in [-0.4, -0.2) is 18.1 Å². The summed E-state index contributed by atoms with van der Waals surface area (Å²) in [7, 11) is 1.35. The van der Waals surface area contributed by atoms with Crippen molar-refractivity contribution in [3.8, 4) is 0 Å². The van der Waals surface area contributed by atoms with Gasteiger partial charge in [0.1, 0.15) is 0 Å². The van der Waals surface area contributed by atoms with Crippen molar-refractivity contribution in [3.63, 3.8) is 0 Å². The van der Waals surface area contributed by atoms with E-state index in [1.165, 1.54) is 7.11 Å². The van der Waals surface area contributed by atoms with Crippen molar-refractivity contribution in [2.45, 2.75) is 0 Å². The lowest BCUT2D eigenvalue weighted by Crippen LogP contribution is -2.00. The van der Waals surface area contributed by atoms with E-state index in [1.54, 1.807) is 24.5 Å². The Labute approximate surface area is 58.7 Å². The molecular weight excluding hydrogens is 133 g/mol. The lowest BCUT2D eigenvalue weighted by atomic mass is 10.5. The van der Waals surface area contributed by atoms with E-state index in [4.69, 9.17) is 0 Å². The molecule has 0 aliphatic carbocycles. The minimum atomic E-state index is -0.331. The van der Waals surface area contributed by atoms with Gasteiger partial charge >= 0.3 is 5.97 Å². The molecule has 0 bridgehead atoms. The summed E-state index contributed by atoms with van der Waals surface area (Å²) in [5.74, 6) is -0.331. The summed E-state index contributed by atoms with van der Waals surface area (Å²) in [4.78, 5) is 14.5. The lowest BCUT2D eigenvalue weighted by Gasteiger charge is -1.95. The van der Waals surface area contributed by atoms with E-state index >= 15 is 0 Å². The average Bonchev–Trinajstić information content (AvgIpc) is 2.05. The second kappa shape index (κ2) is 2.96. The number of carbonyl (C=O) groups excluding carboxylic acids is 1. The molecule has 0 atom stereocenters. The van der Waals surface area contributed by atoms with Crippen LogP contribution in [0.2, 0.25) is 0 Å². The highest BCUT2D eigenvalue weighted by atomic mass is 16.6. The van der Waals surface area contributed by atoms with Gasteiger partial charge in [0, 0.05) is 12.4 Å². The number of pyridine rings is 1. The van der Waals surface area contributed by atoms with Crippen molar-refractivity contribution in [2.24, 2.45) is 0 Å². The normalized spacial score (nSPS) is 8.90. The fraction of sp³-hybridized carbons (Fsp3) is 0.143. The van der Waals surface area contributed by atoms with E-state index in [1.807, 2.05) is 0 Å². The van der Waals surface area contributed by atoms with Gasteiger partial charge in [-0.25, -0.2) is 4.79 Å². The molecule has 0 radical (unpaired) electrons. The molecule has 52 valence electrons. The molecule has 3 heteroatoms. The van der Waals surface area contributed by atoms with Gasteiger partial charge in [-0.05, 0) is 12.1 Å². The smallest absolute Gasteiger partial charge is 0.337 e. The third kappa shape index (κ3) is 1.31. The molecule has 1 heterocycles. The largest absolute Gasteiger partial charge is 0.465 e. The highest BCUT2D eigenvalue weighted by molar-refractivity contribution is 5.88. The van der Waals surface area contributed by atoms with E-state index in [-0.39, 0.29) is 5.97 Å². The molecule has 1 aromatic heterocycles. The fourth-order valence-corrected chi connectivity index (χ4v) is 0.606. The van der Waals surface area contributed by atoms with Crippen LogP contribution in [-0.2, 0) is 4.74 Å². The maximum absolute atomic E-state index is 10.8. The third-order valence-corrected chi connectivity index (χ3v) is 1.10. The molecule has 0 N–H and O–H groups in total. The predicted octanol–water partition coefficient (Wildman–Crippen LogP) is 0.868. The molecule has 0 unspecified atom stereocenters. The Hall–Kier alpha value is -1.38. The number of ether oxygens (including phenoxy) is 1. The zero-order valence-corrected chi connectivity index (χ0v) is 5.57. The monoisotopic (exact) mass is 140 g/mol. The molecule has 1 aromatic rings. The number of nitrogens with zero attached hydrogens (tertiary/aromatic N) is 1. The first-order valence-corrected chi connectivity index (χ1v) is 2.83. The third-order valence-electron chi connectivity index (χ3n) is 1.10. The van der Waals surface area contributed by atoms with Crippen LogP contribution < -0.4 is 0 Å². The maximum atomic E-state index is 10.8. The van der Waals surface area contributed by atoms with Crippen LogP contribution in [0.1, 0.15) is 10.4 Å². The number of aromatic nitrogens is 1. The van der Waals surface area contributed by atoms with Crippen LogP contribution >= 0.6 is 0 Å². The minimum absolute atomic E-state index is 0.331. The molecule has 0 spiro atoms. The summed E-state index contributed by atoms with van der Waals surface area (Å²) in [6.07, 6.45) is 3.10. The molecular formula is C7H7NO2. The Bertz CT molecular complexity index is 220. The number of carbonyl (C=O) groups is 1. The zero-order valence-electron chi connectivity index (χ0n) is 5.57. The number of hydrogen-bond acceptors (Lipinski definition) is 3. The van der Waals surface area contributed by atoms with E-state index in [2.05, 4.69) is 9.72 Å². The number of methoxy groups -OCH3 is 1. The van der Waals surface area contributed by atoms with Gasteiger partial charge in [-0.15, -0.1) is 0 Å². The van der Waals surface area contributed by atoms with Gasteiger partial charge in [-0.1, -0.05) is 0 Å². The molecule has 0 aliphatic rings. The highest BCUT2D eigenvalue weighted by Crippen LogP contribution is 1.96. The Morgan fingerprint density at radius 3 is 2.60 bits per heavy atom. The first kappa shape index (κ1) is 6.74. The predicted molar refractivity (Wildman–Crippen MR) is 35.6 cm³/mol. The van der Waals surface area contributed by atoms with E-state index in [0.717, 1.165) is 0 Å². The summed E-state index contributed by atoms with van der Waals surface area (Å²) in [6, 6.07) is 3.21. The van der Waals surface area contributed by atoms with Crippen molar-refractivity contribution in [3.05, 3.63) is 30.1 Å². The van der Waals surface area contributed by atoms with Gasteiger partial charge < -0.3 is 4.74 Å². The van der Waals surface area contributed by atoms with Gasteiger partial charge in [-0.2, -0.15) is 0 Å². The van der Waals surface area contributed by atoms with Gasteiger partial charge in [0.05, 0.1) is 12.7 Å². The van der Waals surface area contributed by atoms with Crippen molar-refractivity contribution >= 4 is 5.97 Å². The van der Waals surface area contributed by atoms with Gasteiger partial charge in [0.15, 0.2) is 0 Å². The summed E-state index contributed by atoms with van der Waals surface area (Å²) in [5, 5.41) is 0. The summed E-state index contributed by atoms with van der Waals surface area (Å²) >= 11 is 0. The summed E-state index contributed by atoms with van der Waals surface area (Å²) < 4.78 is 4.47. The summed E-state index contributed by atoms with van der Waals surface area (Å²) in [6.45, 7) is 0. The van der Waals surface area contributed by atoms with Gasteiger partial charge in [0.2, 0.25) is 0 Å². The lowest BCUT2D eigenvalue weighted by molar-refractivity contribution is 0.0600. The minimum Gasteiger partial charge on any atom is -0.465 e.